The lowest BCUT2D eigenvalue weighted by Gasteiger charge is -2.17. The molecule has 1 aromatic carbocycles. The molecule has 140 valence electrons. The van der Waals surface area contributed by atoms with Crippen molar-refractivity contribution in [2.45, 2.75) is 19.4 Å². The fourth-order valence-corrected chi connectivity index (χ4v) is 2.95. The minimum absolute atomic E-state index is 0. The molecule has 0 fully saturated rings. The van der Waals surface area contributed by atoms with E-state index in [0.717, 1.165) is 11.9 Å². The number of ether oxygens (including phenoxy) is 1. The summed E-state index contributed by atoms with van der Waals surface area (Å²) in [6.45, 7) is 2.84. The van der Waals surface area contributed by atoms with Crippen molar-refractivity contribution in [2.75, 3.05) is 18.4 Å². The Labute approximate surface area is 167 Å². The van der Waals surface area contributed by atoms with Crippen LogP contribution in [-0.2, 0) is 6.42 Å². The van der Waals surface area contributed by atoms with Crippen molar-refractivity contribution in [1.82, 2.24) is 15.0 Å². The topological polar surface area (TPSA) is 88.8 Å². The molecule has 2 heterocycles. The van der Waals surface area contributed by atoms with Gasteiger partial charge in [-0.1, -0.05) is 29.8 Å². The molecule has 1 atom stereocenters. The van der Waals surface area contributed by atoms with Gasteiger partial charge in [0, 0.05) is 30.2 Å². The van der Waals surface area contributed by atoms with Crippen LogP contribution in [0.25, 0.3) is 10.9 Å². The Morgan fingerprint density at radius 2 is 2.04 bits per heavy atom. The molecule has 0 saturated heterocycles. The van der Waals surface area contributed by atoms with Gasteiger partial charge < -0.3 is 20.8 Å². The number of aromatic nitrogens is 3. The van der Waals surface area contributed by atoms with Gasteiger partial charge in [-0.05, 0) is 36.6 Å². The zero-order valence-electron chi connectivity index (χ0n) is 14.1. The van der Waals surface area contributed by atoms with E-state index in [2.05, 4.69) is 32.4 Å². The van der Waals surface area contributed by atoms with Gasteiger partial charge in [0.25, 0.3) is 0 Å². The number of hydrogen-bond acceptors (Lipinski definition) is 5. The van der Waals surface area contributed by atoms with Gasteiger partial charge in [-0.3, -0.25) is 0 Å². The number of nitrogens with one attached hydrogen (secondary N) is 2. The first-order valence-corrected chi connectivity index (χ1v) is 8.72. The Morgan fingerprint density at radius 3 is 2.81 bits per heavy atom. The number of aromatic amines is 1. The Balaban J connectivity index is 0.00000243. The minimum atomic E-state index is -0.212. The second kappa shape index (κ2) is 9.28. The van der Waals surface area contributed by atoms with Crippen molar-refractivity contribution < 1.29 is 4.74 Å². The smallest absolute Gasteiger partial charge is 0.226 e. The molecule has 2 aromatic heterocycles. The summed E-state index contributed by atoms with van der Waals surface area (Å²) in [7, 11) is 0. The Kier molecular flexibility index (Phi) is 7.34. The number of hydrogen-bond donors (Lipinski definition) is 3. The van der Waals surface area contributed by atoms with E-state index in [1.165, 1.54) is 10.9 Å². The summed E-state index contributed by atoms with van der Waals surface area (Å²) in [6, 6.07) is 8.18. The van der Waals surface area contributed by atoms with E-state index in [4.69, 9.17) is 33.7 Å². The van der Waals surface area contributed by atoms with Crippen LogP contribution in [0.2, 0.25) is 10.4 Å². The Morgan fingerprint density at radius 1 is 1.27 bits per heavy atom. The van der Waals surface area contributed by atoms with Crippen LogP contribution < -0.4 is 15.8 Å². The van der Waals surface area contributed by atoms with Gasteiger partial charge >= 0.3 is 0 Å². The molecule has 0 bridgehead atoms. The van der Waals surface area contributed by atoms with E-state index < -0.39 is 0 Å². The van der Waals surface area contributed by atoms with Gasteiger partial charge in [-0.25, -0.2) is 4.98 Å². The average Bonchev–Trinajstić information content (AvgIpc) is 3.01. The number of anilines is 1. The molecule has 0 aliphatic heterocycles. The molecule has 0 radical (unpaired) electrons. The highest BCUT2D eigenvalue weighted by atomic mass is 35.5. The molecule has 4 N–H and O–H groups in total. The minimum Gasteiger partial charge on any atom is -0.483 e. The van der Waals surface area contributed by atoms with Crippen molar-refractivity contribution in [1.29, 1.82) is 0 Å². The van der Waals surface area contributed by atoms with Crippen LogP contribution in [0.5, 0.6) is 5.75 Å². The van der Waals surface area contributed by atoms with E-state index in [-0.39, 0.29) is 28.9 Å². The third kappa shape index (κ3) is 4.71. The van der Waals surface area contributed by atoms with Crippen molar-refractivity contribution >= 4 is 52.3 Å². The quantitative estimate of drug-likeness (QED) is 0.399. The van der Waals surface area contributed by atoms with Crippen LogP contribution in [0.3, 0.4) is 0 Å². The largest absolute Gasteiger partial charge is 0.483 e. The number of benzene rings is 1. The zero-order valence-corrected chi connectivity index (χ0v) is 16.5. The summed E-state index contributed by atoms with van der Waals surface area (Å²) in [6.07, 6.45) is 2.60. The van der Waals surface area contributed by atoms with Gasteiger partial charge in [0.2, 0.25) is 5.28 Å². The van der Waals surface area contributed by atoms with Crippen molar-refractivity contribution in [2.24, 2.45) is 5.73 Å². The summed E-state index contributed by atoms with van der Waals surface area (Å²) in [4.78, 5) is 11.4. The first-order valence-electron chi connectivity index (χ1n) is 7.97. The van der Waals surface area contributed by atoms with Gasteiger partial charge in [0.1, 0.15) is 6.10 Å². The number of halogens is 3. The van der Waals surface area contributed by atoms with Crippen molar-refractivity contribution in [3.63, 3.8) is 0 Å². The molecule has 0 amide bonds. The third-order valence-electron chi connectivity index (χ3n) is 3.81. The molecule has 9 heteroatoms. The third-order valence-corrected chi connectivity index (χ3v) is 4.23. The maximum absolute atomic E-state index is 6.15. The van der Waals surface area contributed by atoms with E-state index in [9.17, 15) is 0 Å². The van der Waals surface area contributed by atoms with Crippen LogP contribution >= 0.6 is 35.6 Å². The van der Waals surface area contributed by atoms with Crippen molar-refractivity contribution in [3.8, 4) is 5.75 Å². The highest BCUT2D eigenvalue weighted by Gasteiger charge is 2.16. The van der Waals surface area contributed by atoms with Crippen LogP contribution in [0.1, 0.15) is 12.5 Å². The highest BCUT2D eigenvalue weighted by molar-refractivity contribution is 6.33. The number of rotatable bonds is 7. The van der Waals surface area contributed by atoms with Crippen LogP contribution in [0.4, 0.5) is 5.82 Å². The predicted molar refractivity (Wildman–Crippen MR) is 109 cm³/mol. The zero-order chi connectivity index (χ0) is 17.8. The first-order chi connectivity index (χ1) is 12.1. The van der Waals surface area contributed by atoms with Crippen molar-refractivity contribution in [3.05, 3.63) is 46.5 Å². The predicted octanol–water partition coefficient (Wildman–Crippen LogP) is 4.07. The molecule has 26 heavy (non-hydrogen) atoms. The SMILES string of the molecule is C[C@H](CN)Oc1c(Cl)nc(Cl)nc1NCCc1c[nH]c2ccccc12.Cl. The van der Waals surface area contributed by atoms with Gasteiger partial charge in [0.15, 0.2) is 16.7 Å². The molecule has 6 nitrogen and oxygen atoms in total. The monoisotopic (exact) mass is 415 g/mol. The average molecular weight is 417 g/mol. The maximum Gasteiger partial charge on any atom is 0.226 e. The lowest BCUT2D eigenvalue weighted by Crippen LogP contribution is -2.24. The summed E-state index contributed by atoms with van der Waals surface area (Å²) in [5.41, 5.74) is 7.94. The summed E-state index contributed by atoms with van der Waals surface area (Å²) in [5.74, 6) is 0.827. The molecule has 0 spiro atoms. The first kappa shape index (κ1) is 20.6. The fraction of sp³-hybridized carbons (Fsp3) is 0.294. The van der Waals surface area contributed by atoms with Gasteiger partial charge in [-0.15, -0.1) is 12.4 Å². The van der Waals surface area contributed by atoms with Crippen LogP contribution in [-0.4, -0.2) is 34.1 Å². The molecular weight excluding hydrogens is 397 g/mol. The molecule has 0 aliphatic rings. The summed E-state index contributed by atoms with van der Waals surface area (Å²) >= 11 is 12.1. The second-order valence-electron chi connectivity index (χ2n) is 5.66. The van der Waals surface area contributed by atoms with E-state index in [1.54, 1.807) is 0 Å². The molecule has 0 saturated carbocycles. The maximum atomic E-state index is 6.15. The Hall–Kier alpha value is -1.73. The number of para-hydroxylation sites is 1. The highest BCUT2D eigenvalue weighted by Crippen LogP contribution is 2.32. The van der Waals surface area contributed by atoms with E-state index in [1.807, 2.05) is 25.3 Å². The van der Waals surface area contributed by atoms with E-state index >= 15 is 0 Å². The van der Waals surface area contributed by atoms with Crippen LogP contribution in [0, 0.1) is 0 Å². The number of nitrogens with two attached hydrogens (primary N) is 1. The van der Waals surface area contributed by atoms with Gasteiger partial charge in [-0.2, -0.15) is 4.98 Å². The fourth-order valence-electron chi connectivity index (χ4n) is 2.53. The second-order valence-corrected chi connectivity index (χ2v) is 6.36. The molecule has 0 aliphatic carbocycles. The molecule has 3 rings (SSSR count). The standard InChI is InChI=1S/C17H19Cl2N5O.ClH/c1-10(8-20)25-14-15(18)23-17(19)24-16(14)21-7-6-11-9-22-13-5-3-2-4-12(11)13;/h2-5,9-10,22H,6-8,20H2,1H3,(H,21,23,24);1H/t10-;/m1./s1. The van der Waals surface area contributed by atoms with Gasteiger partial charge in [0.05, 0.1) is 0 Å². The van der Waals surface area contributed by atoms with Crippen LogP contribution in [0.15, 0.2) is 30.5 Å². The normalized spacial score (nSPS) is 11.8. The summed E-state index contributed by atoms with van der Waals surface area (Å²) < 4.78 is 5.73. The van der Waals surface area contributed by atoms with E-state index in [0.29, 0.717) is 24.7 Å². The lowest BCUT2D eigenvalue weighted by atomic mass is 10.1. The number of H-pyrrole nitrogens is 1. The molecule has 0 unspecified atom stereocenters. The number of nitrogens with zero attached hydrogens (tertiary/aromatic N) is 2. The number of fused-ring (bicyclic) bond motifs is 1. The molecular formula is C17H20Cl3N5O. The molecule has 3 aromatic rings. The summed E-state index contributed by atoms with van der Waals surface area (Å²) in [5, 5.41) is 4.66. The Bertz CT molecular complexity index is 871. The lowest BCUT2D eigenvalue weighted by molar-refractivity contribution is 0.229.